The summed E-state index contributed by atoms with van der Waals surface area (Å²) >= 11 is 4.99. The predicted octanol–water partition coefficient (Wildman–Crippen LogP) is 4.65. The van der Waals surface area contributed by atoms with Crippen molar-refractivity contribution >= 4 is 48.5 Å². The van der Waals surface area contributed by atoms with Crippen molar-refractivity contribution in [1.29, 1.82) is 0 Å². The molecule has 140 valence electrons. The largest absolute Gasteiger partial charge is 0.484 e. The number of anilines is 1. The Hall–Kier alpha value is -1.96. The second-order valence-electron chi connectivity index (χ2n) is 6.35. The third-order valence-electron chi connectivity index (χ3n) is 4.39. The summed E-state index contributed by atoms with van der Waals surface area (Å²) in [6.45, 7) is 1.22. The Bertz CT molecular complexity index is 925. The van der Waals surface area contributed by atoms with E-state index in [2.05, 4.69) is 20.9 Å². The van der Waals surface area contributed by atoms with E-state index in [0.29, 0.717) is 17.4 Å². The van der Waals surface area contributed by atoms with Gasteiger partial charge in [-0.3, -0.25) is 9.69 Å². The molecule has 1 atom stereocenters. The van der Waals surface area contributed by atoms with Gasteiger partial charge in [0.15, 0.2) is 11.7 Å². The quantitative estimate of drug-likeness (QED) is 0.552. The van der Waals surface area contributed by atoms with Gasteiger partial charge in [0.1, 0.15) is 5.75 Å². The van der Waals surface area contributed by atoms with Crippen LogP contribution in [0.25, 0.3) is 10.2 Å². The number of para-hydroxylation sites is 1. The minimum absolute atomic E-state index is 0.0314. The summed E-state index contributed by atoms with van der Waals surface area (Å²) < 4.78 is 13.4. The standard InChI is InChI=1S/C20H19BrN2O3S/c21-14-8-9-17-18(11-14)27-20(22-17)23(12-16-7-4-10-25-16)19(24)13-26-15-5-2-1-3-6-15/h1-3,5-6,8-9,11,16H,4,7,10,12-13H2. The van der Waals surface area contributed by atoms with Crippen molar-refractivity contribution in [3.63, 3.8) is 0 Å². The number of halogens is 1. The average molecular weight is 447 g/mol. The molecule has 1 saturated heterocycles. The van der Waals surface area contributed by atoms with Crippen LogP contribution in [0.15, 0.2) is 53.0 Å². The van der Waals surface area contributed by atoms with Crippen LogP contribution in [0.3, 0.4) is 0 Å². The van der Waals surface area contributed by atoms with Crippen LogP contribution >= 0.6 is 27.3 Å². The summed E-state index contributed by atoms with van der Waals surface area (Å²) in [6.07, 6.45) is 2.03. The molecule has 1 amide bonds. The van der Waals surface area contributed by atoms with Gasteiger partial charge in [0.25, 0.3) is 5.91 Å². The van der Waals surface area contributed by atoms with Crippen molar-refractivity contribution in [2.75, 3.05) is 24.7 Å². The lowest BCUT2D eigenvalue weighted by molar-refractivity contribution is -0.120. The highest BCUT2D eigenvalue weighted by molar-refractivity contribution is 9.10. The molecule has 0 radical (unpaired) electrons. The Kier molecular flexibility index (Phi) is 5.71. The van der Waals surface area contributed by atoms with Crippen LogP contribution in [0.5, 0.6) is 5.75 Å². The molecule has 0 aliphatic carbocycles. The van der Waals surface area contributed by atoms with Gasteiger partial charge < -0.3 is 9.47 Å². The maximum atomic E-state index is 13.0. The number of ether oxygens (including phenoxy) is 2. The van der Waals surface area contributed by atoms with Crippen molar-refractivity contribution in [2.45, 2.75) is 18.9 Å². The minimum Gasteiger partial charge on any atom is -0.484 e. The lowest BCUT2D eigenvalue weighted by Crippen LogP contribution is -2.40. The summed E-state index contributed by atoms with van der Waals surface area (Å²) in [5.74, 6) is 0.559. The van der Waals surface area contributed by atoms with Gasteiger partial charge in [-0.25, -0.2) is 4.98 Å². The number of fused-ring (bicyclic) bond motifs is 1. The SMILES string of the molecule is O=C(COc1ccccc1)N(CC1CCCO1)c1nc2ccc(Br)cc2s1. The highest BCUT2D eigenvalue weighted by Crippen LogP contribution is 2.32. The summed E-state index contributed by atoms with van der Waals surface area (Å²) in [5.41, 5.74) is 0.882. The second kappa shape index (κ2) is 8.37. The monoisotopic (exact) mass is 446 g/mol. The van der Waals surface area contributed by atoms with Gasteiger partial charge in [0.05, 0.1) is 22.9 Å². The van der Waals surface area contributed by atoms with Crippen LogP contribution in [0.4, 0.5) is 5.13 Å². The fourth-order valence-electron chi connectivity index (χ4n) is 3.02. The van der Waals surface area contributed by atoms with E-state index in [1.165, 1.54) is 11.3 Å². The van der Waals surface area contributed by atoms with Gasteiger partial charge in [-0.1, -0.05) is 45.5 Å². The molecule has 2 aromatic carbocycles. The molecule has 1 unspecified atom stereocenters. The van der Waals surface area contributed by atoms with Crippen molar-refractivity contribution in [3.8, 4) is 5.75 Å². The lowest BCUT2D eigenvalue weighted by atomic mass is 10.2. The molecule has 3 aromatic rings. The topological polar surface area (TPSA) is 51.7 Å². The second-order valence-corrected chi connectivity index (χ2v) is 8.27. The number of nitrogens with zero attached hydrogens (tertiary/aromatic N) is 2. The van der Waals surface area contributed by atoms with Gasteiger partial charge >= 0.3 is 0 Å². The summed E-state index contributed by atoms with van der Waals surface area (Å²) in [4.78, 5) is 19.3. The van der Waals surface area contributed by atoms with E-state index in [0.717, 1.165) is 34.1 Å². The number of benzene rings is 2. The maximum absolute atomic E-state index is 13.0. The normalized spacial score (nSPS) is 16.6. The Morgan fingerprint density at radius 1 is 1.30 bits per heavy atom. The molecule has 5 nitrogen and oxygen atoms in total. The molecule has 1 aliphatic heterocycles. The van der Waals surface area contributed by atoms with Crippen molar-refractivity contribution in [3.05, 3.63) is 53.0 Å². The molecule has 4 rings (SSSR count). The molecule has 1 aliphatic rings. The third kappa shape index (κ3) is 4.48. The molecule has 2 heterocycles. The predicted molar refractivity (Wildman–Crippen MR) is 111 cm³/mol. The Labute approximate surface area is 170 Å². The van der Waals surface area contributed by atoms with Gasteiger partial charge in [0.2, 0.25) is 0 Å². The number of carbonyl (C=O) groups is 1. The summed E-state index contributed by atoms with van der Waals surface area (Å²) in [7, 11) is 0. The first-order valence-corrected chi connectivity index (χ1v) is 10.5. The Morgan fingerprint density at radius 3 is 2.93 bits per heavy atom. The fourth-order valence-corrected chi connectivity index (χ4v) is 4.56. The molecule has 0 bridgehead atoms. The molecule has 7 heteroatoms. The first kappa shape index (κ1) is 18.4. The minimum atomic E-state index is -0.118. The number of rotatable bonds is 6. The smallest absolute Gasteiger partial charge is 0.266 e. The highest BCUT2D eigenvalue weighted by atomic mass is 79.9. The van der Waals surface area contributed by atoms with Gasteiger partial charge in [-0.05, 0) is 43.2 Å². The van der Waals surface area contributed by atoms with E-state index in [1.807, 2.05) is 48.5 Å². The number of amides is 1. The Balaban J connectivity index is 1.55. The zero-order chi connectivity index (χ0) is 18.6. The van der Waals surface area contributed by atoms with E-state index < -0.39 is 0 Å². The highest BCUT2D eigenvalue weighted by Gasteiger charge is 2.26. The van der Waals surface area contributed by atoms with Crippen LogP contribution in [0.2, 0.25) is 0 Å². The number of hydrogen-bond donors (Lipinski definition) is 0. The first-order chi connectivity index (χ1) is 13.2. The summed E-state index contributed by atoms with van der Waals surface area (Å²) in [5, 5.41) is 0.681. The number of aromatic nitrogens is 1. The third-order valence-corrected chi connectivity index (χ3v) is 5.92. The number of thiazole rings is 1. The van der Waals surface area contributed by atoms with E-state index in [1.54, 1.807) is 4.90 Å². The molecular formula is C20H19BrN2O3S. The zero-order valence-electron chi connectivity index (χ0n) is 14.6. The van der Waals surface area contributed by atoms with Gasteiger partial charge in [-0.2, -0.15) is 0 Å². The van der Waals surface area contributed by atoms with Gasteiger partial charge in [0, 0.05) is 11.1 Å². The van der Waals surface area contributed by atoms with Crippen LogP contribution in [-0.2, 0) is 9.53 Å². The molecule has 1 aromatic heterocycles. The zero-order valence-corrected chi connectivity index (χ0v) is 17.0. The first-order valence-electron chi connectivity index (χ1n) is 8.85. The van der Waals surface area contributed by atoms with Crippen LogP contribution < -0.4 is 9.64 Å². The molecule has 0 saturated carbocycles. The van der Waals surface area contributed by atoms with E-state index in [-0.39, 0.29) is 18.6 Å². The maximum Gasteiger partial charge on any atom is 0.266 e. The molecule has 27 heavy (non-hydrogen) atoms. The Morgan fingerprint density at radius 2 is 2.15 bits per heavy atom. The van der Waals surface area contributed by atoms with Crippen molar-refractivity contribution < 1.29 is 14.3 Å². The summed E-state index contributed by atoms with van der Waals surface area (Å²) in [6, 6.07) is 15.3. The van der Waals surface area contributed by atoms with Gasteiger partial charge in [-0.15, -0.1) is 0 Å². The molecule has 0 spiro atoms. The van der Waals surface area contributed by atoms with E-state index >= 15 is 0 Å². The lowest BCUT2D eigenvalue weighted by Gasteiger charge is -2.23. The van der Waals surface area contributed by atoms with Crippen LogP contribution in [0, 0.1) is 0 Å². The van der Waals surface area contributed by atoms with Crippen LogP contribution in [0.1, 0.15) is 12.8 Å². The molecular weight excluding hydrogens is 428 g/mol. The van der Waals surface area contributed by atoms with Crippen molar-refractivity contribution in [2.24, 2.45) is 0 Å². The van der Waals surface area contributed by atoms with Crippen molar-refractivity contribution in [1.82, 2.24) is 4.98 Å². The van der Waals surface area contributed by atoms with Crippen LogP contribution in [-0.4, -0.2) is 36.8 Å². The number of carbonyl (C=O) groups excluding carboxylic acids is 1. The van der Waals surface area contributed by atoms with E-state index in [4.69, 9.17) is 9.47 Å². The average Bonchev–Trinajstić information content (AvgIpc) is 3.34. The molecule has 0 N–H and O–H groups in total. The fraction of sp³-hybridized carbons (Fsp3) is 0.300. The number of hydrogen-bond acceptors (Lipinski definition) is 5. The van der Waals surface area contributed by atoms with E-state index in [9.17, 15) is 4.79 Å². The molecule has 1 fully saturated rings.